The second-order valence-electron chi connectivity index (χ2n) is 8.84. The summed E-state index contributed by atoms with van der Waals surface area (Å²) in [4.78, 5) is 28.5. The van der Waals surface area contributed by atoms with Crippen LogP contribution in [-0.2, 0) is 27.2 Å². The van der Waals surface area contributed by atoms with Crippen molar-refractivity contribution in [2.24, 2.45) is 0 Å². The third kappa shape index (κ3) is 5.47. The zero-order valence-corrected chi connectivity index (χ0v) is 21.0. The number of hydrogen-bond donors (Lipinski definition) is 2. The smallest absolute Gasteiger partial charge is 0.328 e. The van der Waals surface area contributed by atoms with E-state index < -0.39 is 12.0 Å². The molecule has 0 bridgehead atoms. The summed E-state index contributed by atoms with van der Waals surface area (Å²) in [6, 6.07) is 11.3. The number of morpholine rings is 1. The van der Waals surface area contributed by atoms with Crippen molar-refractivity contribution in [3.63, 3.8) is 0 Å². The van der Waals surface area contributed by atoms with Gasteiger partial charge >= 0.3 is 5.97 Å². The highest BCUT2D eigenvalue weighted by molar-refractivity contribution is 6.10. The summed E-state index contributed by atoms with van der Waals surface area (Å²) >= 11 is 0. The van der Waals surface area contributed by atoms with Gasteiger partial charge in [0.1, 0.15) is 17.5 Å². The van der Waals surface area contributed by atoms with Crippen LogP contribution in [0.3, 0.4) is 0 Å². The fourth-order valence-corrected chi connectivity index (χ4v) is 4.73. The number of nitrogens with zero attached hydrogens (tertiary/aromatic N) is 2. The second-order valence-corrected chi connectivity index (χ2v) is 8.84. The number of phenolic OH excluding ortho intramolecular Hbond substituents is 1. The molecule has 1 saturated heterocycles. The van der Waals surface area contributed by atoms with Crippen molar-refractivity contribution in [3.8, 4) is 11.5 Å². The summed E-state index contributed by atoms with van der Waals surface area (Å²) in [6.45, 7) is 6.61. The lowest BCUT2D eigenvalue weighted by Crippen LogP contribution is -2.43. The minimum absolute atomic E-state index is 0.131. The monoisotopic (exact) mass is 495 g/mol. The summed E-state index contributed by atoms with van der Waals surface area (Å²) in [5.41, 5.74) is 2.94. The molecule has 0 spiro atoms. The highest BCUT2D eigenvalue weighted by atomic mass is 16.5. The number of rotatable bonds is 9. The Kier molecular flexibility index (Phi) is 8.12. The largest absolute Gasteiger partial charge is 0.508 e. The number of hydrogen-bond acceptors (Lipinski definition) is 7. The van der Waals surface area contributed by atoms with Gasteiger partial charge in [0.2, 0.25) is 0 Å². The number of para-hydroxylation sites is 1. The van der Waals surface area contributed by atoms with Crippen molar-refractivity contribution in [2.45, 2.75) is 25.9 Å². The molecule has 1 aliphatic heterocycles. The van der Waals surface area contributed by atoms with Gasteiger partial charge in [-0.05, 0) is 30.7 Å². The number of nitrogens with one attached hydrogen (secondary N) is 1. The van der Waals surface area contributed by atoms with Crippen LogP contribution in [-0.4, -0.2) is 79.6 Å². The van der Waals surface area contributed by atoms with Crippen LogP contribution >= 0.6 is 0 Å². The van der Waals surface area contributed by atoms with Gasteiger partial charge < -0.3 is 29.2 Å². The second kappa shape index (κ2) is 11.5. The fraction of sp³-hybridized carbons (Fsp3) is 0.407. The Morgan fingerprint density at radius 1 is 1.08 bits per heavy atom. The summed E-state index contributed by atoms with van der Waals surface area (Å²) < 4.78 is 18.2. The first kappa shape index (κ1) is 25.5. The van der Waals surface area contributed by atoms with Gasteiger partial charge in [0.15, 0.2) is 0 Å². The zero-order chi connectivity index (χ0) is 25.7. The molecule has 0 aliphatic carbocycles. The summed E-state index contributed by atoms with van der Waals surface area (Å²) in [7, 11) is 2.92. The van der Waals surface area contributed by atoms with Crippen LogP contribution in [0.5, 0.6) is 11.5 Å². The third-order valence-corrected chi connectivity index (χ3v) is 6.66. The molecular formula is C27H33N3O6. The van der Waals surface area contributed by atoms with E-state index in [1.54, 1.807) is 31.4 Å². The lowest BCUT2D eigenvalue weighted by Gasteiger charge is -2.27. The number of carbonyl (C=O) groups is 2. The molecule has 9 heteroatoms. The minimum Gasteiger partial charge on any atom is -0.508 e. The fourth-order valence-electron chi connectivity index (χ4n) is 4.73. The van der Waals surface area contributed by atoms with Gasteiger partial charge in [0.25, 0.3) is 5.91 Å². The summed E-state index contributed by atoms with van der Waals surface area (Å²) in [5.74, 6) is -0.0788. The van der Waals surface area contributed by atoms with Gasteiger partial charge in [-0.25, -0.2) is 4.79 Å². The minimum atomic E-state index is -0.885. The Morgan fingerprint density at radius 3 is 2.47 bits per heavy atom. The van der Waals surface area contributed by atoms with Crippen LogP contribution in [0.4, 0.5) is 0 Å². The van der Waals surface area contributed by atoms with E-state index in [9.17, 15) is 14.7 Å². The Morgan fingerprint density at radius 2 is 1.81 bits per heavy atom. The number of fused-ring (bicyclic) bond motifs is 1. The summed E-state index contributed by atoms with van der Waals surface area (Å²) in [6.07, 6.45) is 0.233. The lowest BCUT2D eigenvalue weighted by atomic mass is 10.0. The highest BCUT2D eigenvalue weighted by Crippen LogP contribution is 2.33. The van der Waals surface area contributed by atoms with Crippen LogP contribution in [0.2, 0.25) is 0 Å². The van der Waals surface area contributed by atoms with E-state index in [2.05, 4.69) is 14.8 Å². The maximum absolute atomic E-state index is 13.6. The Bertz CT molecular complexity index is 1210. The van der Waals surface area contributed by atoms with E-state index in [1.807, 2.05) is 25.1 Å². The highest BCUT2D eigenvalue weighted by Gasteiger charge is 2.27. The number of carbonyl (C=O) groups excluding carboxylic acids is 2. The molecule has 0 radical (unpaired) electrons. The van der Waals surface area contributed by atoms with E-state index in [0.717, 1.165) is 55.0 Å². The molecule has 1 aromatic heterocycles. The number of methoxy groups -OCH3 is 2. The zero-order valence-electron chi connectivity index (χ0n) is 21.0. The molecule has 9 nitrogen and oxygen atoms in total. The van der Waals surface area contributed by atoms with Crippen LogP contribution in [0.1, 0.15) is 21.6 Å². The van der Waals surface area contributed by atoms with E-state index in [-0.39, 0.29) is 18.1 Å². The van der Waals surface area contributed by atoms with E-state index >= 15 is 0 Å². The molecule has 1 fully saturated rings. The SMILES string of the molecule is COC(=O)[C@H](Cc1ccc(O)cc1)NC(=O)c1c(C)n(CCN2CCOCC2)c2c(OC)cccc12. The Balaban J connectivity index is 1.65. The van der Waals surface area contributed by atoms with E-state index in [1.165, 1.54) is 7.11 Å². The van der Waals surface area contributed by atoms with Crippen LogP contribution in [0.15, 0.2) is 42.5 Å². The maximum Gasteiger partial charge on any atom is 0.328 e. The predicted octanol–water partition coefficient (Wildman–Crippen LogP) is 2.51. The molecule has 2 aromatic carbocycles. The number of esters is 1. The van der Waals surface area contributed by atoms with Crippen molar-refractivity contribution < 1.29 is 28.9 Å². The molecule has 2 heterocycles. The van der Waals surface area contributed by atoms with Crippen molar-refractivity contribution in [2.75, 3.05) is 47.1 Å². The molecule has 1 aliphatic rings. The predicted molar refractivity (Wildman–Crippen MR) is 136 cm³/mol. The van der Waals surface area contributed by atoms with Crippen LogP contribution in [0.25, 0.3) is 10.9 Å². The Labute approximate surface area is 210 Å². The number of benzene rings is 2. The lowest BCUT2D eigenvalue weighted by molar-refractivity contribution is -0.142. The number of aromatic nitrogens is 1. The average Bonchev–Trinajstić information content (AvgIpc) is 3.19. The van der Waals surface area contributed by atoms with Crippen molar-refractivity contribution in [1.82, 2.24) is 14.8 Å². The van der Waals surface area contributed by atoms with Crippen molar-refractivity contribution in [1.29, 1.82) is 0 Å². The quantitative estimate of drug-likeness (QED) is 0.440. The molecule has 1 amide bonds. The summed E-state index contributed by atoms with van der Waals surface area (Å²) in [5, 5.41) is 13.2. The van der Waals surface area contributed by atoms with Gasteiger partial charge in [-0.2, -0.15) is 0 Å². The first-order valence-corrected chi connectivity index (χ1v) is 12.1. The molecule has 0 saturated carbocycles. The molecular weight excluding hydrogens is 462 g/mol. The number of amides is 1. The molecule has 36 heavy (non-hydrogen) atoms. The van der Waals surface area contributed by atoms with Crippen LogP contribution in [0, 0.1) is 6.92 Å². The average molecular weight is 496 g/mol. The van der Waals surface area contributed by atoms with E-state index in [4.69, 9.17) is 14.2 Å². The molecule has 192 valence electrons. The number of ether oxygens (including phenoxy) is 3. The van der Waals surface area contributed by atoms with Crippen molar-refractivity contribution in [3.05, 3.63) is 59.3 Å². The van der Waals surface area contributed by atoms with Gasteiger partial charge in [-0.1, -0.05) is 24.3 Å². The van der Waals surface area contributed by atoms with Gasteiger partial charge in [-0.3, -0.25) is 9.69 Å². The first-order chi connectivity index (χ1) is 17.4. The molecule has 0 unspecified atom stereocenters. The molecule has 1 atom stereocenters. The Hall–Kier alpha value is -3.56. The standard InChI is InChI=1S/C27H33N3O6/c1-18-24(26(32)28-22(27(33)35-3)17-19-7-9-20(31)10-8-19)21-5-4-6-23(34-2)25(21)30(18)12-11-29-13-15-36-16-14-29/h4-10,22,31H,11-17H2,1-3H3,(H,28,32)/t22-/m0/s1. The third-order valence-electron chi connectivity index (χ3n) is 6.66. The van der Waals surface area contributed by atoms with Gasteiger partial charge in [-0.15, -0.1) is 0 Å². The number of phenols is 1. The molecule has 4 rings (SSSR count). The molecule has 3 aromatic rings. The molecule has 2 N–H and O–H groups in total. The van der Waals surface area contributed by atoms with Crippen LogP contribution < -0.4 is 10.1 Å². The maximum atomic E-state index is 13.6. The van der Waals surface area contributed by atoms with Gasteiger partial charge in [0.05, 0.1) is 38.5 Å². The normalized spacial score (nSPS) is 15.0. The first-order valence-electron chi connectivity index (χ1n) is 12.1. The van der Waals surface area contributed by atoms with E-state index in [0.29, 0.717) is 17.9 Å². The topological polar surface area (TPSA) is 102 Å². The van der Waals surface area contributed by atoms with Crippen molar-refractivity contribution >= 4 is 22.8 Å². The number of aromatic hydroxyl groups is 1. The van der Waals surface area contributed by atoms with Gasteiger partial charge in [0, 0.05) is 43.7 Å².